The van der Waals surface area contributed by atoms with Gasteiger partial charge in [-0.2, -0.15) is 0 Å². The molecule has 202 valence electrons. The number of hydrogen-bond acceptors (Lipinski definition) is 5. The van der Waals surface area contributed by atoms with Crippen molar-refractivity contribution in [2.45, 2.75) is 89.0 Å². The fourth-order valence-corrected chi connectivity index (χ4v) is 6.68. The second-order valence-corrected chi connectivity index (χ2v) is 11.6. The van der Waals surface area contributed by atoms with E-state index < -0.39 is 34.6 Å². The average molecular weight is 504 g/mol. The number of ether oxygens (including phenoxy) is 1. The molecule has 0 aliphatic carbocycles. The summed E-state index contributed by atoms with van der Waals surface area (Å²) in [6, 6.07) is -0.792. The summed E-state index contributed by atoms with van der Waals surface area (Å²) in [4.78, 5) is 47.3. The van der Waals surface area contributed by atoms with Crippen LogP contribution in [0.3, 0.4) is 0 Å². The fraction of sp³-hybridized carbons (Fsp3) is 0.750. The Labute approximate surface area is 216 Å². The number of aliphatic hydroxyl groups is 1. The highest BCUT2D eigenvalue weighted by Crippen LogP contribution is 2.64. The fourth-order valence-electron chi connectivity index (χ4n) is 6.68. The van der Waals surface area contributed by atoms with Crippen molar-refractivity contribution >= 4 is 17.7 Å². The maximum absolute atomic E-state index is 14.3. The number of likely N-dealkylation sites (tertiary alicyclic amines) is 1. The number of fused-ring (bicyclic) bond motifs is 1. The summed E-state index contributed by atoms with van der Waals surface area (Å²) in [7, 11) is 1.73. The summed E-state index contributed by atoms with van der Waals surface area (Å²) in [6.45, 7) is 16.8. The zero-order valence-corrected chi connectivity index (χ0v) is 22.8. The molecular weight excluding hydrogens is 458 g/mol. The minimum Gasteiger partial charge on any atom is -0.396 e. The van der Waals surface area contributed by atoms with Crippen LogP contribution in [0.4, 0.5) is 0 Å². The molecule has 2 bridgehead atoms. The monoisotopic (exact) mass is 503 g/mol. The number of carbonyl (C=O) groups is 3. The van der Waals surface area contributed by atoms with Gasteiger partial charge in [-0.1, -0.05) is 19.1 Å². The molecule has 8 nitrogen and oxygen atoms in total. The van der Waals surface area contributed by atoms with Crippen LogP contribution < -0.4 is 0 Å². The van der Waals surface area contributed by atoms with Crippen molar-refractivity contribution in [3.63, 3.8) is 0 Å². The van der Waals surface area contributed by atoms with Gasteiger partial charge >= 0.3 is 0 Å². The van der Waals surface area contributed by atoms with Crippen molar-refractivity contribution in [3.8, 4) is 0 Å². The molecule has 3 aliphatic rings. The molecule has 1 spiro atoms. The lowest BCUT2D eigenvalue weighted by molar-refractivity contribution is -0.157. The molecule has 1 N–H and O–H groups in total. The van der Waals surface area contributed by atoms with Crippen LogP contribution in [-0.2, 0) is 19.1 Å². The Kier molecular flexibility index (Phi) is 8.40. The second-order valence-electron chi connectivity index (χ2n) is 11.6. The molecule has 3 aliphatic heterocycles. The van der Waals surface area contributed by atoms with Crippen molar-refractivity contribution < 1.29 is 24.2 Å². The maximum Gasteiger partial charge on any atom is 0.249 e. The summed E-state index contributed by atoms with van der Waals surface area (Å²) in [6.07, 6.45) is 7.26. The topological polar surface area (TPSA) is 90.4 Å². The Hall–Kier alpha value is -2.19. The highest BCUT2D eigenvalue weighted by molar-refractivity contribution is 5.99. The second kappa shape index (κ2) is 10.7. The van der Waals surface area contributed by atoms with Crippen LogP contribution in [0, 0.1) is 11.8 Å². The molecular formula is C28H45N3O5. The van der Waals surface area contributed by atoms with Crippen LogP contribution in [0.15, 0.2) is 25.3 Å². The standard InChI is InChI=1S/C28H45N3O5/c1-8-16-29(7)23(33)20-21-24(34)30(18-12-11-13-19-32)22(25(35)31(17-9-2)26(4,5)6)28(21)15-14-27(20,10-3)36-28/h8-9,20-22,32H,1-2,10-19H2,3-7H3/t20-,21+,22?,27+,28?/m1/s1. The molecule has 2 unspecified atom stereocenters. The lowest BCUT2D eigenvalue weighted by atomic mass is 9.64. The van der Waals surface area contributed by atoms with Crippen molar-refractivity contribution in [1.29, 1.82) is 0 Å². The first-order valence-electron chi connectivity index (χ1n) is 13.4. The SMILES string of the molecule is C=CCN(C)C(=O)[C@H]1[C@H]2C(=O)N(CCCCCO)C(C(=O)N(CC=C)C(C)(C)C)C23CC[C@]1(CC)O3. The number of unbranched alkanes of at least 4 members (excludes halogenated alkanes) is 2. The maximum atomic E-state index is 14.3. The van der Waals surface area contributed by atoms with E-state index in [9.17, 15) is 19.5 Å². The van der Waals surface area contributed by atoms with Gasteiger partial charge in [0.1, 0.15) is 11.6 Å². The molecule has 3 amide bonds. The molecule has 3 rings (SSSR count). The number of carbonyl (C=O) groups excluding carboxylic acids is 3. The van der Waals surface area contributed by atoms with Gasteiger partial charge in [0.2, 0.25) is 17.7 Å². The van der Waals surface area contributed by atoms with E-state index >= 15 is 0 Å². The van der Waals surface area contributed by atoms with E-state index in [1.807, 2.05) is 27.7 Å². The van der Waals surface area contributed by atoms with Crippen LogP contribution in [0.1, 0.15) is 66.2 Å². The van der Waals surface area contributed by atoms with Crippen molar-refractivity contribution in [1.82, 2.24) is 14.7 Å². The lowest BCUT2D eigenvalue weighted by Crippen LogP contribution is -2.60. The van der Waals surface area contributed by atoms with Crippen LogP contribution in [-0.4, -0.2) is 93.6 Å². The van der Waals surface area contributed by atoms with E-state index in [1.165, 1.54) is 0 Å². The van der Waals surface area contributed by atoms with E-state index in [4.69, 9.17) is 4.74 Å². The molecule has 8 heteroatoms. The van der Waals surface area contributed by atoms with Gasteiger partial charge in [-0.3, -0.25) is 14.4 Å². The lowest BCUT2D eigenvalue weighted by Gasteiger charge is -2.42. The van der Waals surface area contributed by atoms with Gasteiger partial charge in [0.25, 0.3) is 0 Å². The summed E-state index contributed by atoms with van der Waals surface area (Å²) in [5, 5.41) is 9.21. The molecule has 3 heterocycles. The Morgan fingerprint density at radius 2 is 1.81 bits per heavy atom. The smallest absolute Gasteiger partial charge is 0.249 e. The van der Waals surface area contributed by atoms with Gasteiger partial charge in [-0.25, -0.2) is 0 Å². The normalized spacial score (nSPS) is 30.9. The van der Waals surface area contributed by atoms with E-state index in [0.29, 0.717) is 51.7 Å². The Morgan fingerprint density at radius 3 is 2.36 bits per heavy atom. The molecule has 0 aromatic heterocycles. The minimum atomic E-state index is -1.03. The first kappa shape index (κ1) is 28.4. The predicted molar refractivity (Wildman–Crippen MR) is 139 cm³/mol. The first-order valence-corrected chi connectivity index (χ1v) is 13.4. The number of amides is 3. The van der Waals surface area contributed by atoms with Gasteiger partial charge in [0.15, 0.2) is 0 Å². The first-order chi connectivity index (χ1) is 17.0. The van der Waals surface area contributed by atoms with Gasteiger partial charge < -0.3 is 24.5 Å². The van der Waals surface area contributed by atoms with E-state index in [1.54, 1.807) is 33.9 Å². The number of nitrogens with zero attached hydrogens (tertiary/aromatic N) is 3. The van der Waals surface area contributed by atoms with Gasteiger partial charge in [-0.05, 0) is 59.3 Å². The predicted octanol–water partition coefficient (Wildman–Crippen LogP) is 2.76. The molecule has 0 saturated carbocycles. The molecule has 0 radical (unpaired) electrons. The van der Waals surface area contributed by atoms with Gasteiger partial charge in [0, 0.05) is 38.8 Å². The largest absolute Gasteiger partial charge is 0.396 e. The van der Waals surface area contributed by atoms with Crippen molar-refractivity contribution in [2.24, 2.45) is 11.8 Å². The van der Waals surface area contributed by atoms with Gasteiger partial charge in [0.05, 0.1) is 17.4 Å². The number of rotatable bonds is 12. The quantitative estimate of drug-likeness (QED) is 0.327. The van der Waals surface area contributed by atoms with E-state index in [2.05, 4.69) is 13.2 Å². The van der Waals surface area contributed by atoms with Crippen LogP contribution in [0.5, 0.6) is 0 Å². The molecule has 0 aromatic rings. The van der Waals surface area contributed by atoms with E-state index in [0.717, 1.165) is 6.42 Å². The molecule has 3 saturated heterocycles. The van der Waals surface area contributed by atoms with Crippen molar-refractivity contribution in [3.05, 3.63) is 25.3 Å². The number of likely N-dealkylation sites (N-methyl/N-ethyl adjacent to an activating group) is 1. The Bertz CT molecular complexity index is 883. The summed E-state index contributed by atoms with van der Waals surface area (Å²) >= 11 is 0. The molecule has 0 aromatic carbocycles. The van der Waals surface area contributed by atoms with Crippen LogP contribution in [0.2, 0.25) is 0 Å². The zero-order chi connectivity index (χ0) is 26.9. The van der Waals surface area contributed by atoms with Crippen LogP contribution >= 0.6 is 0 Å². The molecule has 3 fully saturated rings. The number of hydrogen-bond donors (Lipinski definition) is 1. The molecule has 5 atom stereocenters. The highest BCUT2D eigenvalue weighted by atomic mass is 16.5. The van der Waals surface area contributed by atoms with Crippen LogP contribution in [0.25, 0.3) is 0 Å². The number of aliphatic hydroxyl groups excluding tert-OH is 1. The van der Waals surface area contributed by atoms with E-state index in [-0.39, 0.29) is 24.3 Å². The summed E-state index contributed by atoms with van der Waals surface area (Å²) in [5.41, 5.74) is -2.26. The third kappa shape index (κ3) is 4.51. The van der Waals surface area contributed by atoms with Gasteiger partial charge in [-0.15, -0.1) is 13.2 Å². The van der Waals surface area contributed by atoms with Crippen molar-refractivity contribution in [2.75, 3.05) is 33.3 Å². The minimum absolute atomic E-state index is 0.0916. The zero-order valence-electron chi connectivity index (χ0n) is 22.8. The molecule has 36 heavy (non-hydrogen) atoms. The third-order valence-electron chi connectivity index (χ3n) is 8.40. The Balaban J connectivity index is 2.09. The summed E-state index contributed by atoms with van der Waals surface area (Å²) in [5.74, 6) is -1.76. The Morgan fingerprint density at radius 1 is 1.14 bits per heavy atom. The average Bonchev–Trinajstić information content (AvgIpc) is 3.42. The summed E-state index contributed by atoms with van der Waals surface area (Å²) < 4.78 is 6.84. The third-order valence-corrected chi connectivity index (χ3v) is 8.40. The highest BCUT2D eigenvalue weighted by Gasteiger charge is 2.79.